The normalized spacial score (nSPS) is 32.3. The number of carbonyl (C=O) groups excluding carboxylic acids is 2. The van der Waals surface area contributed by atoms with Crippen LogP contribution in [0.5, 0.6) is 5.88 Å². The van der Waals surface area contributed by atoms with Gasteiger partial charge in [0.25, 0.3) is 11.5 Å². The number of nitrogen functional groups attached to an aromatic ring is 1. The molecule has 0 radical (unpaired) electrons. The minimum atomic E-state index is -0.898. The maximum atomic E-state index is 13.6. The lowest BCUT2D eigenvalue weighted by Gasteiger charge is -2.58. The van der Waals surface area contributed by atoms with Gasteiger partial charge in [0.2, 0.25) is 5.88 Å². The lowest BCUT2D eigenvalue weighted by atomic mass is 9.51. The lowest BCUT2D eigenvalue weighted by molar-refractivity contribution is -0.154. The summed E-state index contributed by atoms with van der Waals surface area (Å²) in [5, 5.41) is 18.7. The van der Waals surface area contributed by atoms with Crippen LogP contribution in [0.4, 0.5) is 4.79 Å². The molecule has 3 saturated carbocycles. The number of rotatable bonds is 6. The first-order valence-corrected chi connectivity index (χ1v) is 14.8. The summed E-state index contributed by atoms with van der Waals surface area (Å²) >= 11 is 0. The molecule has 1 aromatic rings. The maximum Gasteiger partial charge on any atom is 0.334 e. The highest BCUT2D eigenvalue weighted by atomic mass is 16.6. The first-order chi connectivity index (χ1) is 19.6. The van der Waals surface area contributed by atoms with Gasteiger partial charge in [-0.3, -0.25) is 29.0 Å². The largest absolute Gasteiger partial charge is 0.494 e. The molecule has 1 atom stereocenters. The van der Waals surface area contributed by atoms with Crippen LogP contribution in [-0.4, -0.2) is 86.9 Å². The average molecular weight is 573 g/mol. The van der Waals surface area contributed by atoms with Crippen LogP contribution in [0, 0.1) is 16.7 Å². The molecule has 2 aliphatic heterocycles. The van der Waals surface area contributed by atoms with Crippen LogP contribution in [0.25, 0.3) is 0 Å². The van der Waals surface area contributed by atoms with Crippen molar-refractivity contribution in [2.45, 2.75) is 88.4 Å². The first kappa shape index (κ1) is 28.0. The van der Waals surface area contributed by atoms with E-state index in [0.29, 0.717) is 71.4 Å². The quantitative estimate of drug-likeness (QED) is 0.258. The molecule has 5 fully saturated rings. The molecular formula is C28H40N6O7. The monoisotopic (exact) mass is 572 g/mol. The van der Waals surface area contributed by atoms with Gasteiger partial charge in [-0.05, 0) is 62.7 Å². The van der Waals surface area contributed by atoms with E-state index in [0.717, 1.165) is 25.7 Å². The molecule has 5 aliphatic rings. The summed E-state index contributed by atoms with van der Waals surface area (Å²) in [5.74, 6) is -1.05. The zero-order chi connectivity index (χ0) is 29.1. The van der Waals surface area contributed by atoms with Crippen LogP contribution in [0.3, 0.4) is 0 Å². The van der Waals surface area contributed by atoms with E-state index >= 15 is 0 Å². The van der Waals surface area contributed by atoms with Gasteiger partial charge < -0.3 is 25.2 Å². The van der Waals surface area contributed by atoms with Crippen molar-refractivity contribution in [2.75, 3.05) is 33.4 Å². The van der Waals surface area contributed by atoms with Gasteiger partial charge in [-0.2, -0.15) is 0 Å². The molecule has 3 amide bonds. The van der Waals surface area contributed by atoms with E-state index in [4.69, 9.17) is 20.6 Å². The standard InChI is InChI=1S/C28H40N6O7/c1-31-24(37)28(33(25(31)38)13-19-14-40-10-11-41-19)15-27(16-28)8-6-18(7-9-27)34-23(36)20(21(29)30)22(35)32(26(34)39)12-17-4-2-3-5-17/h17-19,35H,2-16H2,1H3,(H3,29,30). The number of likely N-dealkylation sites (N-methyl/N-ethyl adjacent to an activating group) is 1. The third kappa shape index (κ3) is 4.48. The van der Waals surface area contributed by atoms with E-state index in [9.17, 15) is 24.3 Å². The van der Waals surface area contributed by atoms with Crippen molar-refractivity contribution >= 4 is 17.8 Å². The predicted octanol–water partition coefficient (Wildman–Crippen LogP) is 1.13. The van der Waals surface area contributed by atoms with Crippen LogP contribution in [0.15, 0.2) is 9.59 Å². The number of ether oxygens (including phenoxy) is 2. The number of aromatic nitrogens is 2. The maximum absolute atomic E-state index is 13.6. The molecule has 2 saturated heterocycles. The summed E-state index contributed by atoms with van der Waals surface area (Å²) in [7, 11) is 1.52. The number of nitrogens with two attached hydrogens (primary N) is 1. The van der Waals surface area contributed by atoms with Gasteiger partial charge >= 0.3 is 11.7 Å². The minimum absolute atomic E-state index is 0.174. The molecule has 6 rings (SSSR count). The Bertz CT molecular complexity index is 1360. The van der Waals surface area contributed by atoms with Gasteiger partial charge in [0.15, 0.2) is 0 Å². The lowest BCUT2D eigenvalue weighted by Crippen LogP contribution is -2.65. The van der Waals surface area contributed by atoms with Crippen LogP contribution in [0.2, 0.25) is 0 Å². The SMILES string of the molecule is CN1C(=O)N(CC2COCCO2)C2(CC3(CCC(n4c(=O)c(C(=N)N)c(O)n(CC5CCCC5)c4=O)CC3)C2)C1=O. The van der Waals surface area contributed by atoms with Crippen molar-refractivity contribution in [2.24, 2.45) is 17.1 Å². The molecular weight excluding hydrogens is 532 g/mol. The van der Waals surface area contributed by atoms with E-state index in [1.54, 1.807) is 4.90 Å². The Balaban J connectivity index is 1.22. The van der Waals surface area contributed by atoms with Crippen molar-refractivity contribution in [3.63, 3.8) is 0 Å². The molecule has 3 heterocycles. The van der Waals surface area contributed by atoms with Crippen molar-refractivity contribution in [3.8, 4) is 5.88 Å². The Morgan fingerprint density at radius 1 is 1.05 bits per heavy atom. The number of hydrogen-bond acceptors (Lipinski definition) is 8. The third-order valence-corrected chi connectivity index (χ3v) is 10.3. The van der Waals surface area contributed by atoms with E-state index in [1.165, 1.54) is 21.1 Å². The van der Waals surface area contributed by atoms with E-state index in [2.05, 4.69) is 0 Å². The number of nitrogens with zero attached hydrogens (tertiary/aromatic N) is 4. The number of carbonyl (C=O) groups is 2. The van der Waals surface area contributed by atoms with Gasteiger partial charge in [-0.15, -0.1) is 0 Å². The van der Waals surface area contributed by atoms with Gasteiger partial charge in [-0.25, -0.2) is 9.59 Å². The predicted molar refractivity (Wildman–Crippen MR) is 147 cm³/mol. The molecule has 3 aliphatic carbocycles. The Kier molecular flexibility index (Phi) is 7.00. The van der Waals surface area contributed by atoms with Crippen LogP contribution >= 0.6 is 0 Å². The van der Waals surface area contributed by atoms with E-state index in [-0.39, 0.29) is 34.9 Å². The zero-order valence-corrected chi connectivity index (χ0v) is 23.6. The second kappa shape index (κ2) is 10.3. The number of urea groups is 1. The van der Waals surface area contributed by atoms with Crippen molar-refractivity contribution in [1.82, 2.24) is 18.9 Å². The van der Waals surface area contributed by atoms with Crippen molar-refractivity contribution < 1.29 is 24.2 Å². The molecule has 224 valence electrons. The zero-order valence-electron chi connectivity index (χ0n) is 23.6. The van der Waals surface area contributed by atoms with E-state index in [1.807, 2.05) is 0 Å². The highest BCUT2D eigenvalue weighted by Crippen LogP contribution is 2.62. The topological polar surface area (TPSA) is 173 Å². The second-order valence-electron chi connectivity index (χ2n) is 12.8. The molecule has 2 spiro atoms. The number of amides is 3. The summed E-state index contributed by atoms with van der Waals surface area (Å²) in [6.45, 7) is 1.94. The summed E-state index contributed by atoms with van der Waals surface area (Å²) in [4.78, 5) is 56.3. The van der Waals surface area contributed by atoms with Gasteiger partial charge in [0.05, 0.1) is 32.5 Å². The van der Waals surface area contributed by atoms with Gasteiger partial charge in [0, 0.05) is 19.6 Å². The smallest absolute Gasteiger partial charge is 0.334 e. The second-order valence-corrected chi connectivity index (χ2v) is 12.8. The number of nitrogens with one attached hydrogen (secondary N) is 1. The summed E-state index contributed by atoms with van der Waals surface area (Å²) in [6.07, 6.45) is 7.25. The Hall–Kier alpha value is -3.19. The fourth-order valence-electron chi connectivity index (χ4n) is 8.17. The summed E-state index contributed by atoms with van der Waals surface area (Å²) in [6, 6.07) is -0.721. The molecule has 13 nitrogen and oxygen atoms in total. The minimum Gasteiger partial charge on any atom is -0.494 e. The molecule has 41 heavy (non-hydrogen) atoms. The molecule has 13 heteroatoms. The van der Waals surface area contributed by atoms with Crippen molar-refractivity contribution in [1.29, 1.82) is 5.41 Å². The molecule has 0 aromatic carbocycles. The first-order valence-electron chi connectivity index (χ1n) is 14.8. The Labute approximate surface area is 237 Å². The van der Waals surface area contributed by atoms with Crippen LogP contribution < -0.4 is 17.0 Å². The highest BCUT2D eigenvalue weighted by molar-refractivity contribution is 6.07. The average Bonchev–Trinajstić information content (AvgIpc) is 3.51. The van der Waals surface area contributed by atoms with E-state index < -0.39 is 34.5 Å². The molecule has 0 bridgehead atoms. The Morgan fingerprint density at radius 3 is 2.34 bits per heavy atom. The third-order valence-electron chi connectivity index (χ3n) is 10.3. The number of aromatic hydroxyl groups is 1. The van der Waals surface area contributed by atoms with Crippen LogP contribution in [-0.2, 0) is 20.8 Å². The number of amidine groups is 1. The van der Waals surface area contributed by atoms with Crippen molar-refractivity contribution in [3.05, 3.63) is 26.4 Å². The number of imide groups is 1. The van der Waals surface area contributed by atoms with Crippen LogP contribution in [0.1, 0.15) is 75.8 Å². The summed E-state index contributed by atoms with van der Waals surface area (Å²) < 4.78 is 13.7. The highest BCUT2D eigenvalue weighted by Gasteiger charge is 2.68. The van der Waals surface area contributed by atoms with Gasteiger partial charge in [0.1, 0.15) is 16.9 Å². The summed E-state index contributed by atoms with van der Waals surface area (Å²) in [5.41, 5.74) is 3.02. The fourth-order valence-corrected chi connectivity index (χ4v) is 8.17. The molecule has 1 unspecified atom stereocenters. The molecule has 1 aromatic heterocycles. The fraction of sp³-hybridized carbons (Fsp3) is 0.750. The molecule has 4 N–H and O–H groups in total. The number of hydrogen-bond donors (Lipinski definition) is 3. The Morgan fingerprint density at radius 2 is 1.73 bits per heavy atom. The van der Waals surface area contributed by atoms with Gasteiger partial charge in [-0.1, -0.05) is 12.8 Å².